The van der Waals surface area contributed by atoms with Crippen molar-refractivity contribution in [2.75, 3.05) is 13.2 Å². The Balaban J connectivity index is 3.38. The molecule has 0 rings (SSSR count). The number of ether oxygens (including phenoxy) is 2. The zero-order valence-electron chi connectivity index (χ0n) is 12.9. The van der Waals surface area contributed by atoms with Gasteiger partial charge in [0.05, 0.1) is 13.2 Å². The van der Waals surface area contributed by atoms with Crippen LogP contribution in [0.3, 0.4) is 0 Å². The third-order valence-electron chi connectivity index (χ3n) is 2.72. The number of unbranched alkanes of at least 4 members (excludes halogenated alkanes) is 2. The molecule has 0 spiro atoms. The predicted octanol–water partition coefficient (Wildman–Crippen LogP) is 3.79. The largest absolute Gasteiger partial charge is 0.466 e. The predicted molar refractivity (Wildman–Crippen MR) is 79.3 cm³/mol. The molecule has 0 aromatic heterocycles. The van der Waals surface area contributed by atoms with Crippen molar-refractivity contribution in [3.8, 4) is 0 Å². The lowest BCUT2D eigenvalue weighted by atomic mass is 10.2. The van der Waals surface area contributed by atoms with Gasteiger partial charge in [-0.05, 0) is 32.1 Å². The minimum atomic E-state index is -0.186. The molecular formula is C16H28O4. The molecule has 0 fully saturated rings. The van der Waals surface area contributed by atoms with Crippen molar-refractivity contribution in [3.05, 3.63) is 12.2 Å². The van der Waals surface area contributed by atoms with Crippen molar-refractivity contribution in [2.24, 2.45) is 0 Å². The van der Waals surface area contributed by atoms with Gasteiger partial charge in [-0.1, -0.05) is 32.4 Å². The Bertz CT molecular complexity index is 284. The highest BCUT2D eigenvalue weighted by atomic mass is 16.5. The summed E-state index contributed by atoms with van der Waals surface area (Å²) < 4.78 is 10.1. The van der Waals surface area contributed by atoms with Gasteiger partial charge in [-0.3, -0.25) is 9.59 Å². The van der Waals surface area contributed by atoms with E-state index in [9.17, 15) is 9.59 Å². The molecule has 4 nitrogen and oxygen atoms in total. The lowest BCUT2D eigenvalue weighted by Crippen LogP contribution is -2.07. The molecule has 0 atom stereocenters. The van der Waals surface area contributed by atoms with Gasteiger partial charge in [-0.15, -0.1) is 0 Å². The molecule has 0 heterocycles. The first kappa shape index (κ1) is 18.7. The summed E-state index contributed by atoms with van der Waals surface area (Å²) in [7, 11) is 0. The van der Waals surface area contributed by atoms with E-state index in [1.807, 2.05) is 6.08 Å². The Morgan fingerprint density at radius 2 is 1.45 bits per heavy atom. The van der Waals surface area contributed by atoms with Crippen LogP contribution < -0.4 is 0 Å². The monoisotopic (exact) mass is 284 g/mol. The smallest absolute Gasteiger partial charge is 0.305 e. The van der Waals surface area contributed by atoms with Gasteiger partial charge in [0.25, 0.3) is 0 Å². The van der Waals surface area contributed by atoms with E-state index in [-0.39, 0.29) is 11.9 Å². The second-order valence-electron chi connectivity index (χ2n) is 4.67. The summed E-state index contributed by atoms with van der Waals surface area (Å²) >= 11 is 0. The molecule has 0 aliphatic heterocycles. The number of carbonyl (C=O) groups excluding carboxylic acids is 2. The van der Waals surface area contributed by atoms with Crippen molar-refractivity contribution >= 4 is 11.9 Å². The maximum atomic E-state index is 11.4. The summed E-state index contributed by atoms with van der Waals surface area (Å²) in [6.45, 7) is 5.06. The Hall–Kier alpha value is -1.32. The topological polar surface area (TPSA) is 52.6 Å². The summed E-state index contributed by atoms with van der Waals surface area (Å²) in [6, 6.07) is 0. The average Bonchev–Trinajstić information content (AvgIpc) is 2.44. The Morgan fingerprint density at radius 1 is 0.850 bits per heavy atom. The maximum Gasteiger partial charge on any atom is 0.305 e. The highest BCUT2D eigenvalue weighted by Crippen LogP contribution is 2.04. The molecule has 20 heavy (non-hydrogen) atoms. The molecule has 0 radical (unpaired) electrons. The molecule has 0 saturated heterocycles. The summed E-state index contributed by atoms with van der Waals surface area (Å²) in [6.07, 6.45) is 9.87. The first-order chi connectivity index (χ1) is 9.70. The lowest BCUT2D eigenvalue weighted by molar-refractivity contribution is -0.145. The summed E-state index contributed by atoms with van der Waals surface area (Å²) in [4.78, 5) is 22.7. The molecule has 0 unspecified atom stereocenters. The van der Waals surface area contributed by atoms with Crippen molar-refractivity contribution in [3.63, 3.8) is 0 Å². The Morgan fingerprint density at radius 3 is 2.00 bits per heavy atom. The van der Waals surface area contributed by atoms with Crippen molar-refractivity contribution in [1.82, 2.24) is 0 Å². The minimum Gasteiger partial charge on any atom is -0.466 e. The van der Waals surface area contributed by atoms with E-state index in [0.29, 0.717) is 38.9 Å². The van der Waals surface area contributed by atoms with Crippen LogP contribution >= 0.6 is 0 Å². The zero-order valence-corrected chi connectivity index (χ0v) is 12.9. The van der Waals surface area contributed by atoms with Crippen LogP contribution in [0.5, 0.6) is 0 Å². The van der Waals surface area contributed by atoms with Crippen molar-refractivity contribution in [1.29, 1.82) is 0 Å². The number of carbonyl (C=O) groups is 2. The second kappa shape index (κ2) is 14.1. The van der Waals surface area contributed by atoms with Gasteiger partial charge in [0.1, 0.15) is 0 Å². The molecule has 4 heteroatoms. The third-order valence-corrected chi connectivity index (χ3v) is 2.72. The fraction of sp³-hybridized carbons (Fsp3) is 0.750. The van der Waals surface area contributed by atoms with E-state index in [4.69, 9.17) is 9.47 Å². The first-order valence-corrected chi connectivity index (χ1v) is 7.66. The van der Waals surface area contributed by atoms with Crippen LogP contribution in [-0.4, -0.2) is 25.2 Å². The van der Waals surface area contributed by atoms with Gasteiger partial charge in [0, 0.05) is 12.8 Å². The molecule has 0 aromatic rings. The number of hydrogen-bond acceptors (Lipinski definition) is 4. The van der Waals surface area contributed by atoms with Gasteiger partial charge < -0.3 is 9.47 Å². The molecule has 0 saturated carbocycles. The van der Waals surface area contributed by atoms with Crippen LogP contribution in [0.1, 0.15) is 65.2 Å². The zero-order chi connectivity index (χ0) is 15.1. The SMILES string of the molecule is CC/C=C/CCOC(=O)CCCCC(=O)OCCCC. The van der Waals surface area contributed by atoms with E-state index in [0.717, 1.165) is 25.7 Å². The summed E-state index contributed by atoms with van der Waals surface area (Å²) in [5, 5.41) is 0. The normalized spacial score (nSPS) is 10.7. The van der Waals surface area contributed by atoms with Crippen molar-refractivity contribution < 1.29 is 19.1 Å². The number of allylic oxidation sites excluding steroid dienone is 1. The fourth-order valence-corrected chi connectivity index (χ4v) is 1.54. The van der Waals surface area contributed by atoms with Gasteiger partial charge in [-0.25, -0.2) is 0 Å². The second-order valence-corrected chi connectivity index (χ2v) is 4.67. The molecule has 116 valence electrons. The molecule has 0 aliphatic carbocycles. The fourth-order valence-electron chi connectivity index (χ4n) is 1.54. The highest BCUT2D eigenvalue weighted by molar-refractivity contribution is 5.70. The van der Waals surface area contributed by atoms with Gasteiger partial charge in [0.15, 0.2) is 0 Å². The van der Waals surface area contributed by atoms with E-state index >= 15 is 0 Å². The maximum absolute atomic E-state index is 11.4. The van der Waals surface area contributed by atoms with Crippen LogP contribution in [-0.2, 0) is 19.1 Å². The molecule has 0 N–H and O–H groups in total. The molecule has 0 aliphatic rings. The van der Waals surface area contributed by atoms with Crippen LogP contribution in [0.2, 0.25) is 0 Å². The number of rotatable bonds is 12. The molecule has 0 aromatic carbocycles. The van der Waals surface area contributed by atoms with E-state index < -0.39 is 0 Å². The standard InChI is InChI=1S/C16H28O4/c1-3-5-7-10-14-20-16(18)12-9-8-11-15(17)19-13-6-4-2/h5,7H,3-4,6,8-14H2,1-2H3/b7-5+. The van der Waals surface area contributed by atoms with Crippen LogP contribution in [0.4, 0.5) is 0 Å². The lowest BCUT2D eigenvalue weighted by Gasteiger charge is -2.04. The van der Waals surface area contributed by atoms with Gasteiger partial charge in [0.2, 0.25) is 0 Å². The highest BCUT2D eigenvalue weighted by Gasteiger charge is 2.05. The quantitative estimate of drug-likeness (QED) is 0.311. The summed E-state index contributed by atoms with van der Waals surface area (Å²) in [5.74, 6) is -0.356. The Kier molecular flexibility index (Phi) is 13.2. The van der Waals surface area contributed by atoms with Crippen LogP contribution in [0, 0.1) is 0 Å². The van der Waals surface area contributed by atoms with E-state index in [1.165, 1.54) is 0 Å². The average molecular weight is 284 g/mol. The third kappa shape index (κ3) is 13.1. The number of esters is 2. The molecule has 0 bridgehead atoms. The van der Waals surface area contributed by atoms with Crippen molar-refractivity contribution in [2.45, 2.75) is 65.2 Å². The van der Waals surface area contributed by atoms with E-state index in [1.54, 1.807) is 0 Å². The first-order valence-electron chi connectivity index (χ1n) is 7.66. The molecule has 0 amide bonds. The van der Waals surface area contributed by atoms with Crippen LogP contribution in [0.15, 0.2) is 12.2 Å². The minimum absolute atomic E-state index is 0.170. The van der Waals surface area contributed by atoms with E-state index in [2.05, 4.69) is 19.9 Å². The Labute approximate surface area is 122 Å². The van der Waals surface area contributed by atoms with Gasteiger partial charge >= 0.3 is 11.9 Å². The number of hydrogen-bond donors (Lipinski definition) is 0. The van der Waals surface area contributed by atoms with Crippen LogP contribution in [0.25, 0.3) is 0 Å². The summed E-state index contributed by atoms with van der Waals surface area (Å²) in [5.41, 5.74) is 0. The molecular weight excluding hydrogens is 256 g/mol. The van der Waals surface area contributed by atoms with Gasteiger partial charge in [-0.2, -0.15) is 0 Å².